The van der Waals surface area contributed by atoms with Gasteiger partial charge in [-0.25, -0.2) is 0 Å². The average Bonchev–Trinajstić information content (AvgIpc) is 3.11. The number of fused-ring (bicyclic) bond motifs is 3. The zero-order valence-electron chi connectivity index (χ0n) is 16.2. The molecular formula is C23H25NO3. The maximum absolute atomic E-state index is 11.3. The molecule has 1 aliphatic heterocycles. The summed E-state index contributed by atoms with van der Waals surface area (Å²) in [5.74, 6) is 1.57. The number of carbonyl (C=O) groups excluding carboxylic acids is 1. The number of nitrogens with one attached hydrogen (secondary N) is 1. The molecule has 4 nitrogen and oxygen atoms in total. The Morgan fingerprint density at radius 1 is 1.15 bits per heavy atom. The molecule has 27 heavy (non-hydrogen) atoms. The van der Waals surface area contributed by atoms with Crippen LogP contribution in [0.2, 0.25) is 0 Å². The molecule has 2 aromatic rings. The molecule has 4 rings (SSSR count). The second-order valence-electron chi connectivity index (χ2n) is 7.53. The Morgan fingerprint density at radius 3 is 2.70 bits per heavy atom. The number of aryl methyl sites for hydroxylation is 2. The summed E-state index contributed by atoms with van der Waals surface area (Å²) >= 11 is 0. The van der Waals surface area contributed by atoms with E-state index in [1.807, 2.05) is 18.2 Å². The lowest BCUT2D eigenvalue weighted by Crippen LogP contribution is -2.29. The predicted molar refractivity (Wildman–Crippen MR) is 107 cm³/mol. The summed E-state index contributed by atoms with van der Waals surface area (Å²) in [5, 5.41) is 3.79. The van der Waals surface area contributed by atoms with Crippen LogP contribution >= 0.6 is 0 Å². The monoisotopic (exact) mass is 363 g/mol. The third kappa shape index (κ3) is 3.09. The van der Waals surface area contributed by atoms with E-state index in [0.29, 0.717) is 23.3 Å². The van der Waals surface area contributed by atoms with Crippen LogP contribution in [0, 0.1) is 19.8 Å². The van der Waals surface area contributed by atoms with E-state index in [0.717, 1.165) is 12.0 Å². The number of methoxy groups -OCH3 is 1. The van der Waals surface area contributed by atoms with Crippen molar-refractivity contribution in [2.24, 2.45) is 5.92 Å². The molecule has 0 radical (unpaired) electrons. The highest BCUT2D eigenvalue weighted by molar-refractivity contribution is 5.71. The minimum absolute atomic E-state index is 0.180. The molecular weight excluding hydrogens is 338 g/mol. The van der Waals surface area contributed by atoms with Gasteiger partial charge in [-0.2, -0.15) is 0 Å². The number of carbonyl (C=O) groups is 1. The van der Waals surface area contributed by atoms with Gasteiger partial charge in [-0.05, 0) is 55.0 Å². The van der Waals surface area contributed by atoms with Gasteiger partial charge < -0.3 is 14.8 Å². The van der Waals surface area contributed by atoms with Crippen LogP contribution in [-0.4, -0.2) is 13.1 Å². The first-order valence-corrected chi connectivity index (χ1v) is 9.38. The lowest BCUT2D eigenvalue weighted by Gasteiger charge is -2.38. The molecule has 0 saturated heterocycles. The van der Waals surface area contributed by atoms with Gasteiger partial charge >= 0.3 is 5.97 Å². The van der Waals surface area contributed by atoms with E-state index in [4.69, 9.17) is 9.47 Å². The lowest BCUT2D eigenvalue weighted by atomic mass is 9.76. The topological polar surface area (TPSA) is 47.6 Å². The Kier molecular flexibility index (Phi) is 4.42. The van der Waals surface area contributed by atoms with E-state index in [9.17, 15) is 4.79 Å². The summed E-state index contributed by atoms with van der Waals surface area (Å²) in [6.07, 6.45) is 5.69. The fourth-order valence-electron chi connectivity index (χ4n) is 4.52. The highest BCUT2D eigenvalue weighted by atomic mass is 16.6. The fourth-order valence-corrected chi connectivity index (χ4v) is 4.52. The van der Waals surface area contributed by atoms with E-state index < -0.39 is 0 Å². The molecule has 1 N–H and O–H groups in total. The van der Waals surface area contributed by atoms with E-state index in [2.05, 4.69) is 43.4 Å². The van der Waals surface area contributed by atoms with Crippen molar-refractivity contribution < 1.29 is 14.3 Å². The molecule has 3 atom stereocenters. The summed E-state index contributed by atoms with van der Waals surface area (Å²) in [6, 6.07) is 10.6. The summed E-state index contributed by atoms with van der Waals surface area (Å²) in [5.41, 5.74) is 6.36. The standard InChI is InChI=1S/C23H25NO3/c1-13-10-14(2)22-19(11-13)17-6-5-7-18(17)23(24-22)16-8-9-20(27-15(3)25)21(12-16)26-4/h5-6,8-12,17-18,23-24H,7H2,1-4H3. The molecule has 2 aliphatic rings. The van der Waals surface area contributed by atoms with Crippen LogP contribution in [0.15, 0.2) is 42.5 Å². The molecule has 4 heteroatoms. The Balaban J connectivity index is 1.75. The Bertz CT molecular complexity index is 931. The number of benzene rings is 2. The van der Waals surface area contributed by atoms with Crippen molar-refractivity contribution in [3.63, 3.8) is 0 Å². The van der Waals surface area contributed by atoms with Crippen molar-refractivity contribution in [3.05, 3.63) is 64.7 Å². The maximum atomic E-state index is 11.3. The minimum Gasteiger partial charge on any atom is -0.493 e. The van der Waals surface area contributed by atoms with E-state index in [1.54, 1.807) is 7.11 Å². The second kappa shape index (κ2) is 6.76. The molecule has 0 aromatic heterocycles. The molecule has 1 heterocycles. The normalized spacial score (nSPS) is 22.6. The van der Waals surface area contributed by atoms with Crippen LogP contribution in [-0.2, 0) is 4.79 Å². The highest BCUT2D eigenvalue weighted by Gasteiger charge is 2.38. The fraction of sp³-hybridized carbons (Fsp3) is 0.348. The molecule has 1 aliphatic carbocycles. The van der Waals surface area contributed by atoms with E-state index >= 15 is 0 Å². The molecule has 3 unspecified atom stereocenters. The summed E-state index contributed by atoms with van der Waals surface area (Å²) < 4.78 is 10.7. The second-order valence-corrected chi connectivity index (χ2v) is 7.53. The largest absolute Gasteiger partial charge is 0.493 e. The van der Waals surface area contributed by atoms with Crippen molar-refractivity contribution >= 4 is 11.7 Å². The SMILES string of the molecule is COc1cc(C2Nc3c(C)cc(C)cc3C3C=CCC32)ccc1OC(C)=O. The van der Waals surface area contributed by atoms with Crippen LogP contribution in [0.5, 0.6) is 11.5 Å². The molecule has 0 spiro atoms. The van der Waals surface area contributed by atoms with Gasteiger partial charge in [0.15, 0.2) is 11.5 Å². The molecule has 0 fully saturated rings. The number of anilines is 1. The number of hydrogen-bond acceptors (Lipinski definition) is 4. The number of ether oxygens (including phenoxy) is 2. The number of hydrogen-bond donors (Lipinski definition) is 1. The predicted octanol–water partition coefficient (Wildman–Crippen LogP) is 5.06. The van der Waals surface area contributed by atoms with Crippen molar-refractivity contribution in [1.82, 2.24) is 0 Å². The first-order chi connectivity index (χ1) is 13.0. The number of rotatable bonds is 3. The first-order valence-electron chi connectivity index (χ1n) is 9.38. The van der Waals surface area contributed by atoms with E-state index in [1.165, 1.54) is 29.3 Å². The van der Waals surface area contributed by atoms with Gasteiger partial charge in [0.25, 0.3) is 0 Å². The minimum atomic E-state index is -0.350. The Labute approximate surface area is 160 Å². The van der Waals surface area contributed by atoms with Gasteiger partial charge in [0.1, 0.15) is 0 Å². The zero-order chi connectivity index (χ0) is 19.1. The average molecular weight is 363 g/mol. The zero-order valence-corrected chi connectivity index (χ0v) is 16.2. The van der Waals surface area contributed by atoms with Crippen LogP contribution in [0.25, 0.3) is 0 Å². The highest BCUT2D eigenvalue weighted by Crippen LogP contribution is 2.51. The van der Waals surface area contributed by atoms with Crippen molar-refractivity contribution in [2.45, 2.75) is 39.2 Å². The Morgan fingerprint density at radius 2 is 1.96 bits per heavy atom. The van der Waals surface area contributed by atoms with Crippen molar-refractivity contribution in [2.75, 3.05) is 12.4 Å². The van der Waals surface area contributed by atoms with Crippen LogP contribution in [0.3, 0.4) is 0 Å². The van der Waals surface area contributed by atoms with Crippen LogP contribution in [0.1, 0.15) is 47.6 Å². The van der Waals surface area contributed by atoms with Crippen LogP contribution < -0.4 is 14.8 Å². The third-order valence-electron chi connectivity index (χ3n) is 5.61. The Hall–Kier alpha value is -2.75. The molecule has 0 bridgehead atoms. The lowest BCUT2D eigenvalue weighted by molar-refractivity contribution is -0.132. The van der Waals surface area contributed by atoms with Gasteiger partial charge in [0.05, 0.1) is 13.2 Å². The van der Waals surface area contributed by atoms with Gasteiger partial charge in [-0.3, -0.25) is 4.79 Å². The van der Waals surface area contributed by atoms with Gasteiger partial charge in [-0.15, -0.1) is 0 Å². The summed E-state index contributed by atoms with van der Waals surface area (Å²) in [4.78, 5) is 11.3. The third-order valence-corrected chi connectivity index (χ3v) is 5.61. The number of allylic oxidation sites excluding steroid dienone is 2. The maximum Gasteiger partial charge on any atom is 0.308 e. The first kappa shape index (κ1) is 17.7. The van der Waals surface area contributed by atoms with Crippen LogP contribution in [0.4, 0.5) is 5.69 Å². The summed E-state index contributed by atoms with van der Waals surface area (Å²) in [7, 11) is 1.60. The quantitative estimate of drug-likeness (QED) is 0.470. The van der Waals surface area contributed by atoms with Gasteiger partial charge in [0, 0.05) is 18.5 Å². The van der Waals surface area contributed by atoms with Gasteiger partial charge in [-0.1, -0.05) is 35.9 Å². The number of esters is 1. The van der Waals surface area contributed by atoms with Crippen molar-refractivity contribution in [1.29, 1.82) is 0 Å². The summed E-state index contributed by atoms with van der Waals surface area (Å²) in [6.45, 7) is 5.72. The molecule has 0 saturated carbocycles. The molecule has 2 aromatic carbocycles. The van der Waals surface area contributed by atoms with E-state index in [-0.39, 0.29) is 12.0 Å². The smallest absolute Gasteiger partial charge is 0.308 e. The molecule has 0 amide bonds. The van der Waals surface area contributed by atoms with Gasteiger partial charge in [0.2, 0.25) is 0 Å². The molecule has 140 valence electrons. The van der Waals surface area contributed by atoms with Crippen molar-refractivity contribution in [3.8, 4) is 11.5 Å².